The summed E-state index contributed by atoms with van der Waals surface area (Å²) in [6.07, 6.45) is 1.63. The molecule has 1 aromatic carbocycles. The van der Waals surface area contributed by atoms with E-state index in [1.165, 1.54) is 11.3 Å². The standard InChI is InChI=1S/C12H10ClN3OS/c13-11-7-16-12(18-11)8-15-9-2-1-3-10(6-9)17-5-4-14/h1-3,6-7,15H,5,8H2. The number of benzene rings is 1. The summed E-state index contributed by atoms with van der Waals surface area (Å²) in [6, 6.07) is 9.37. The van der Waals surface area contributed by atoms with Gasteiger partial charge in [-0.3, -0.25) is 0 Å². The number of hydrogen-bond donors (Lipinski definition) is 1. The summed E-state index contributed by atoms with van der Waals surface area (Å²) in [5.74, 6) is 0.665. The van der Waals surface area contributed by atoms with Gasteiger partial charge in [-0.05, 0) is 12.1 Å². The van der Waals surface area contributed by atoms with Crippen LogP contribution in [0.3, 0.4) is 0 Å². The van der Waals surface area contributed by atoms with Gasteiger partial charge in [-0.2, -0.15) is 5.26 Å². The van der Waals surface area contributed by atoms with Crippen LogP contribution in [-0.2, 0) is 6.54 Å². The van der Waals surface area contributed by atoms with E-state index in [4.69, 9.17) is 21.6 Å². The van der Waals surface area contributed by atoms with Crippen molar-refractivity contribution in [3.05, 3.63) is 39.8 Å². The first kappa shape index (κ1) is 12.7. The Kier molecular flexibility index (Phi) is 4.40. The Hall–Kier alpha value is -1.77. The van der Waals surface area contributed by atoms with Crippen LogP contribution in [0.15, 0.2) is 30.5 Å². The molecule has 0 radical (unpaired) electrons. The molecule has 0 spiro atoms. The molecule has 0 aliphatic carbocycles. The molecule has 0 atom stereocenters. The number of anilines is 1. The van der Waals surface area contributed by atoms with E-state index in [0.717, 1.165) is 10.7 Å². The van der Waals surface area contributed by atoms with E-state index in [-0.39, 0.29) is 6.61 Å². The van der Waals surface area contributed by atoms with Crippen molar-refractivity contribution in [2.45, 2.75) is 6.54 Å². The summed E-state index contributed by atoms with van der Waals surface area (Å²) >= 11 is 7.24. The molecule has 92 valence electrons. The molecule has 0 bridgehead atoms. The third kappa shape index (κ3) is 3.62. The van der Waals surface area contributed by atoms with Gasteiger partial charge < -0.3 is 10.1 Å². The lowest BCUT2D eigenvalue weighted by Gasteiger charge is -2.06. The summed E-state index contributed by atoms with van der Waals surface area (Å²) in [7, 11) is 0. The summed E-state index contributed by atoms with van der Waals surface area (Å²) < 4.78 is 5.90. The number of nitriles is 1. The van der Waals surface area contributed by atoms with Gasteiger partial charge >= 0.3 is 0 Å². The largest absolute Gasteiger partial charge is 0.479 e. The summed E-state index contributed by atoms with van der Waals surface area (Å²) in [4.78, 5) is 4.15. The van der Waals surface area contributed by atoms with E-state index in [1.807, 2.05) is 30.3 Å². The van der Waals surface area contributed by atoms with Gasteiger partial charge in [0.2, 0.25) is 0 Å². The average molecular weight is 280 g/mol. The maximum Gasteiger partial charge on any atom is 0.174 e. The zero-order chi connectivity index (χ0) is 12.8. The lowest BCUT2D eigenvalue weighted by atomic mass is 10.3. The fourth-order valence-electron chi connectivity index (χ4n) is 1.36. The molecule has 0 aliphatic rings. The molecule has 18 heavy (non-hydrogen) atoms. The summed E-state index contributed by atoms with van der Waals surface area (Å²) in [5, 5.41) is 12.6. The molecule has 0 aliphatic heterocycles. The maximum atomic E-state index is 8.44. The summed E-state index contributed by atoms with van der Waals surface area (Å²) in [6.45, 7) is 0.657. The van der Waals surface area contributed by atoms with Crippen molar-refractivity contribution in [3.8, 4) is 11.8 Å². The van der Waals surface area contributed by atoms with E-state index in [0.29, 0.717) is 16.6 Å². The van der Waals surface area contributed by atoms with Crippen LogP contribution in [0.2, 0.25) is 4.34 Å². The number of aromatic nitrogens is 1. The van der Waals surface area contributed by atoms with Gasteiger partial charge in [0.1, 0.15) is 21.2 Å². The lowest BCUT2D eigenvalue weighted by molar-refractivity contribution is 0.368. The van der Waals surface area contributed by atoms with E-state index < -0.39 is 0 Å². The molecule has 0 saturated heterocycles. The van der Waals surface area contributed by atoms with Crippen molar-refractivity contribution in [3.63, 3.8) is 0 Å². The van der Waals surface area contributed by atoms with E-state index in [2.05, 4.69) is 10.3 Å². The van der Waals surface area contributed by atoms with Crippen molar-refractivity contribution in [1.29, 1.82) is 5.26 Å². The van der Waals surface area contributed by atoms with Crippen LogP contribution in [0, 0.1) is 11.3 Å². The highest BCUT2D eigenvalue weighted by Gasteiger charge is 2.01. The number of halogens is 1. The van der Waals surface area contributed by atoms with Crippen molar-refractivity contribution in [1.82, 2.24) is 4.98 Å². The topological polar surface area (TPSA) is 57.9 Å². The molecule has 1 aromatic heterocycles. The first-order valence-electron chi connectivity index (χ1n) is 5.22. The Balaban J connectivity index is 1.95. The minimum Gasteiger partial charge on any atom is -0.479 e. The Bertz CT molecular complexity index is 564. The molecule has 0 unspecified atom stereocenters. The van der Waals surface area contributed by atoms with Gasteiger partial charge in [-0.1, -0.05) is 17.7 Å². The molecule has 1 N–H and O–H groups in total. The Morgan fingerprint density at radius 3 is 3.11 bits per heavy atom. The average Bonchev–Trinajstić information content (AvgIpc) is 2.80. The molecular weight excluding hydrogens is 270 g/mol. The van der Waals surface area contributed by atoms with E-state index in [9.17, 15) is 0 Å². The van der Waals surface area contributed by atoms with Gasteiger partial charge in [0.15, 0.2) is 6.61 Å². The molecule has 0 saturated carbocycles. The Morgan fingerprint density at radius 2 is 2.39 bits per heavy atom. The molecule has 1 heterocycles. The van der Waals surface area contributed by atoms with Crippen LogP contribution in [-0.4, -0.2) is 11.6 Å². The highest BCUT2D eigenvalue weighted by Crippen LogP contribution is 2.21. The Labute approximate surface area is 114 Å². The van der Waals surface area contributed by atoms with Crippen LogP contribution >= 0.6 is 22.9 Å². The van der Waals surface area contributed by atoms with Gasteiger partial charge in [-0.25, -0.2) is 4.98 Å². The third-order valence-corrected chi connectivity index (χ3v) is 3.22. The van der Waals surface area contributed by atoms with Crippen molar-refractivity contribution < 1.29 is 4.74 Å². The van der Waals surface area contributed by atoms with Gasteiger partial charge in [0.25, 0.3) is 0 Å². The monoisotopic (exact) mass is 279 g/mol. The van der Waals surface area contributed by atoms with Gasteiger partial charge in [0.05, 0.1) is 12.7 Å². The maximum absolute atomic E-state index is 8.44. The van der Waals surface area contributed by atoms with Crippen molar-refractivity contribution in [2.75, 3.05) is 11.9 Å². The second-order valence-corrected chi connectivity index (χ2v) is 5.13. The second-order valence-electron chi connectivity index (χ2n) is 3.39. The SMILES string of the molecule is N#CCOc1cccc(NCc2ncc(Cl)s2)c1. The number of nitrogens with one attached hydrogen (secondary N) is 1. The lowest BCUT2D eigenvalue weighted by Crippen LogP contribution is -1.99. The minimum atomic E-state index is 0.0472. The molecule has 4 nitrogen and oxygen atoms in total. The summed E-state index contributed by atoms with van der Waals surface area (Å²) in [5.41, 5.74) is 0.914. The molecular formula is C12H10ClN3OS. The molecule has 2 aromatic rings. The smallest absolute Gasteiger partial charge is 0.174 e. The third-order valence-electron chi connectivity index (χ3n) is 2.11. The fraction of sp³-hybridized carbons (Fsp3) is 0.167. The molecule has 0 amide bonds. The van der Waals surface area contributed by atoms with Crippen molar-refractivity contribution >= 4 is 28.6 Å². The number of thiazole rings is 1. The highest BCUT2D eigenvalue weighted by atomic mass is 35.5. The van der Waals surface area contributed by atoms with Gasteiger partial charge in [0, 0.05) is 11.8 Å². The van der Waals surface area contributed by atoms with Crippen molar-refractivity contribution in [2.24, 2.45) is 0 Å². The number of nitrogens with zero attached hydrogens (tertiary/aromatic N) is 2. The van der Waals surface area contributed by atoms with Crippen LogP contribution in [0.1, 0.15) is 5.01 Å². The predicted octanol–water partition coefficient (Wildman–Crippen LogP) is 3.31. The number of ether oxygens (including phenoxy) is 1. The molecule has 6 heteroatoms. The number of hydrogen-bond acceptors (Lipinski definition) is 5. The highest BCUT2D eigenvalue weighted by molar-refractivity contribution is 7.15. The van der Waals surface area contributed by atoms with Gasteiger partial charge in [-0.15, -0.1) is 11.3 Å². The second kappa shape index (κ2) is 6.24. The minimum absolute atomic E-state index is 0.0472. The zero-order valence-corrected chi connectivity index (χ0v) is 11.0. The zero-order valence-electron chi connectivity index (χ0n) is 9.39. The normalized spacial score (nSPS) is 9.78. The van der Waals surface area contributed by atoms with Crippen LogP contribution in [0.4, 0.5) is 5.69 Å². The van der Waals surface area contributed by atoms with Crippen LogP contribution in [0.5, 0.6) is 5.75 Å². The quantitative estimate of drug-likeness (QED) is 0.912. The number of rotatable bonds is 5. The first-order chi connectivity index (χ1) is 8.78. The van der Waals surface area contributed by atoms with E-state index in [1.54, 1.807) is 6.20 Å². The first-order valence-corrected chi connectivity index (χ1v) is 6.41. The fourth-order valence-corrected chi connectivity index (χ4v) is 2.26. The Morgan fingerprint density at radius 1 is 1.50 bits per heavy atom. The molecule has 2 rings (SSSR count). The van der Waals surface area contributed by atoms with Crippen LogP contribution < -0.4 is 10.1 Å². The molecule has 0 fully saturated rings. The van der Waals surface area contributed by atoms with Crippen LogP contribution in [0.25, 0.3) is 0 Å². The predicted molar refractivity (Wildman–Crippen MR) is 72.0 cm³/mol. The van der Waals surface area contributed by atoms with E-state index >= 15 is 0 Å².